The number of hydrogen-bond acceptors (Lipinski definition) is 4. The third-order valence-corrected chi connectivity index (χ3v) is 0. The van der Waals surface area contributed by atoms with Crippen LogP contribution in [0.25, 0.3) is 0 Å². The molecule has 0 heterocycles. The first-order valence-electron chi connectivity index (χ1n) is 1.30. The van der Waals surface area contributed by atoms with E-state index in [-0.39, 0.29) is 12.3 Å². The molecule has 0 aliphatic carbocycles. The zero-order valence-electron chi connectivity index (χ0n) is 5.02. The molecule has 10 N–H and O–H groups in total. The molecule has 0 aliphatic heterocycles. The second-order valence-corrected chi connectivity index (χ2v) is 1.70. The molecule has 0 aliphatic rings. The van der Waals surface area contributed by atoms with Crippen molar-refractivity contribution in [2.45, 2.75) is 0 Å². The molecule has 0 aromatic heterocycles. The Morgan fingerprint density at radius 1 is 0.700 bits per heavy atom. The summed E-state index contributed by atoms with van der Waals surface area (Å²) >= 11 is 0. The highest BCUT2D eigenvalue weighted by atomic mass is 31.1. The summed E-state index contributed by atoms with van der Waals surface area (Å²) in [6.07, 6.45) is 0. The molecule has 10 heteroatoms. The van der Waals surface area contributed by atoms with Crippen molar-refractivity contribution < 1.29 is 28.7 Å². The van der Waals surface area contributed by atoms with E-state index in [4.69, 9.17) is 28.7 Å². The van der Waals surface area contributed by atoms with Gasteiger partial charge in [0.15, 0.2) is 0 Å². The standard InChI is InChI=1S/2H3N.2H3O3P/c;;2*1-4(2)3/h2*1H3;2*4H,(H2,1,2,3). The molecule has 0 atom stereocenters. The fourth-order valence-electron chi connectivity index (χ4n) is 0. The molecule has 10 heavy (non-hydrogen) atoms. The predicted octanol–water partition coefficient (Wildman–Crippen LogP) is -0.955. The summed E-state index contributed by atoms with van der Waals surface area (Å²) in [6.45, 7) is 0. The van der Waals surface area contributed by atoms with Crippen LogP contribution < -0.4 is 12.3 Å². The summed E-state index contributed by atoms with van der Waals surface area (Å²) < 4.78 is 17.5. The zero-order chi connectivity index (χ0) is 7.15. The molecule has 0 rings (SSSR count). The van der Waals surface area contributed by atoms with Crippen LogP contribution >= 0.6 is 16.5 Å². The van der Waals surface area contributed by atoms with E-state index in [1.807, 2.05) is 0 Å². The fraction of sp³-hybridized carbons (Fsp3) is 0. The van der Waals surface area contributed by atoms with E-state index in [2.05, 4.69) is 0 Å². The molecule has 0 amide bonds. The number of hydrogen-bond donors (Lipinski definition) is 6. The first-order chi connectivity index (χ1) is 3.46. The fourth-order valence-corrected chi connectivity index (χ4v) is 0. The summed E-state index contributed by atoms with van der Waals surface area (Å²) in [5.74, 6) is 0. The largest absolute Gasteiger partial charge is 0.344 e. The van der Waals surface area contributed by atoms with Crippen molar-refractivity contribution in [3.05, 3.63) is 0 Å². The van der Waals surface area contributed by atoms with Gasteiger partial charge in [-0.15, -0.1) is 0 Å². The van der Waals surface area contributed by atoms with Crippen molar-refractivity contribution in [2.75, 3.05) is 0 Å². The molecule has 0 spiro atoms. The van der Waals surface area contributed by atoms with Crippen LogP contribution in [-0.4, -0.2) is 19.6 Å². The van der Waals surface area contributed by atoms with E-state index in [0.717, 1.165) is 0 Å². The van der Waals surface area contributed by atoms with Crippen LogP contribution in [-0.2, 0) is 9.13 Å². The van der Waals surface area contributed by atoms with Crippen LogP contribution in [0.5, 0.6) is 0 Å². The van der Waals surface area contributed by atoms with Crippen LogP contribution in [0, 0.1) is 0 Å². The Hall–Kier alpha value is 0.220. The van der Waals surface area contributed by atoms with Crippen molar-refractivity contribution in [2.24, 2.45) is 0 Å². The lowest BCUT2D eigenvalue weighted by Gasteiger charge is -1.61. The van der Waals surface area contributed by atoms with E-state index in [1.165, 1.54) is 0 Å². The zero-order valence-corrected chi connectivity index (χ0v) is 7.02. The molecule has 0 radical (unpaired) electrons. The second-order valence-electron chi connectivity index (χ2n) is 0.565. The monoisotopic (exact) mass is 198 g/mol. The van der Waals surface area contributed by atoms with Gasteiger partial charge >= 0.3 is 16.5 Å². The van der Waals surface area contributed by atoms with E-state index >= 15 is 0 Å². The Labute approximate surface area is 58.6 Å². The average Bonchev–Trinajstić information content (AvgIpc) is 1.25. The molecule has 0 aromatic rings. The smallest absolute Gasteiger partial charge is 0.314 e. The van der Waals surface area contributed by atoms with E-state index < -0.39 is 16.5 Å². The third-order valence-electron chi connectivity index (χ3n) is 0. The Balaban J connectivity index is -0.0000000300. The Bertz CT molecular complexity index is 71.7. The van der Waals surface area contributed by atoms with Crippen LogP contribution in [0.15, 0.2) is 0 Å². The maximum atomic E-state index is 8.74. The lowest BCUT2D eigenvalue weighted by atomic mass is 14.0. The molecule has 0 saturated carbocycles. The highest BCUT2D eigenvalue weighted by Gasteiger charge is 1.62. The van der Waals surface area contributed by atoms with Gasteiger partial charge in [0.1, 0.15) is 0 Å². The number of rotatable bonds is 0. The van der Waals surface area contributed by atoms with Crippen molar-refractivity contribution in [1.29, 1.82) is 0 Å². The van der Waals surface area contributed by atoms with E-state index in [9.17, 15) is 0 Å². The van der Waals surface area contributed by atoms with Crippen LogP contribution in [0.1, 0.15) is 0 Å². The van der Waals surface area contributed by atoms with Crippen molar-refractivity contribution >= 4 is 16.5 Å². The summed E-state index contributed by atoms with van der Waals surface area (Å²) in [7, 11) is -6.26. The summed E-state index contributed by atoms with van der Waals surface area (Å²) in [5, 5.41) is 0. The van der Waals surface area contributed by atoms with Gasteiger partial charge in [-0.05, 0) is 0 Å². The van der Waals surface area contributed by atoms with Gasteiger partial charge in [-0.25, -0.2) is 0 Å². The molecule has 0 unspecified atom stereocenters. The molecular formula is H12N2O6P2. The van der Waals surface area contributed by atoms with Gasteiger partial charge in [0.25, 0.3) is 0 Å². The van der Waals surface area contributed by atoms with Gasteiger partial charge in [0.2, 0.25) is 0 Å². The maximum absolute atomic E-state index is 8.74. The maximum Gasteiger partial charge on any atom is 0.314 e. The average molecular weight is 198 g/mol. The van der Waals surface area contributed by atoms with Crippen molar-refractivity contribution in [3.63, 3.8) is 0 Å². The lowest BCUT2D eigenvalue weighted by Crippen LogP contribution is -1.38. The molecular weight excluding hydrogens is 186 g/mol. The Kier molecular flexibility index (Phi) is 36.2. The lowest BCUT2D eigenvalue weighted by molar-refractivity contribution is 0.403. The van der Waals surface area contributed by atoms with Gasteiger partial charge in [-0.1, -0.05) is 0 Å². The molecule has 0 fully saturated rings. The van der Waals surface area contributed by atoms with Crippen molar-refractivity contribution in [1.82, 2.24) is 12.3 Å². The van der Waals surface area contributed by atoms with Gasteiger partial charge in [0, 0.05) is 0 Å². The van der Waals surface area contributed by atoms with E-state index in [1.54, 1.807) is 0 Å². The molecule has 0 aromatic carbocycles. The van der Waals surface area contributed by atoms with Crippen LogP contribution in [0.4, 0.5) is 0 Å². The van der Waals surface area contributed by atoms with Gasteiger partial charge < -0.3 is 31.9 Å². The van der Waals surface area contributed by atoms with Crippen LogP contribution in [0.2, 0.25) is 0 Å². The minimum Gasteiger partial charge on any atom is -0.344 e. The summed E-state index contributed by atoms with van der Waals surface area (Å²) in [6, 6.07) is 0. The third kappa shape index (κ3) is 8850. The first-order valence-corrected chi connectivity index (χ1v) is 3.91. The summed E-state index contributed by atoms with van der Waals surface area (Å²) in [4.78, 5) is 28.6. The normalized spacial score (nSPS) is 7.00. The van der Waals surface area contributed by atoms with E-state index in [0.29, 0.717) is 0 Å². The first kappa shape index (κ1) is 22.5. The molecule has 68 valence electrons. The topological polar surface area (TPSA) is 185 Å². The van der Waals surface area contributed by atoms with Crippen LogP contribution in [0.3, 0.4) is 0 Å². The Morgan fingerprint density at radius 3 is 0.700 bits per heavy atom. The van der Waals surface area contributed by atoms with Gasteiger partial charge in [-0.3, -0.25) is 9.13 Å². The second kappa shape index (κ2) is 16.1. The minimum atomic E-state index is -3.13. The van der Waals surface area contributed by atoms with Crippen molar-refractivity contribution in [3.8, 4) is 0 Å². The molecule has 8 nitrogen and oxygen atoms in total. The highest BCUT2D eigenvalue weighted by molar-refractivity contribution is 7.31. The Morgan fingerprint density at radius 2 is 0.700 bits per heavy atom. The quantitative estimate of drug-likeness (QED) is 0.268. The SMILES string of the molecule is N.N.O=[PH](O)O.O=[PH](O)O. The molecule has 0 bridgehead atoms. The highest BCUT2D eigenvalue weighted by Crippen LogP contribution is 1.98. The minimum absolute atomic E-state index is 0. The predicted molar refractivity (Wildman–Crippen MR) is 36.9 cm³/mol. The summed E-state index contributed by atoms with van der Waals surface area (Å²) in [5.41, 5.74) is 0. The molecule has 0 saturated heterocycles. The van der Waals surface area contributed by atoms with Gasteiger partial charge in [-0.2, -0.15) is 0 Å². The van der Waals surface area contributed by atoms with Gasteiger partial charge in [0.05, 0.1) is 0 Å².